The molecule has 8 heteroatoms. The first-order chi connectivity index (χ1) is 14.4. The molecule has 0 N–H and O–H groups in total. The maximum Gasteiger partial charge on any atom is 0.192 e. The largest absolute Gasteiger partial charge is 0.376 e. The third-order valence-electron chi connectivity index (χ3n) is 5.64. The summed E-state index contributed by atoms with van der Waals surface area (Å²) < 4.78 is 23.2. The molecular formula is C22H25FN4O2S. The van der Waals surface area contributed by atoms with Gasteiger partial charge in [0.1, 0.15) is 5.82 Å². The lowest BCUT2D eigenvalue weighted by molar-refractivity contribution is 0.0953. The van der Waals surface area contributed by atoms with E-state index in [-0.39, 0.29) is 23.5 Å². The van der Waals surface area contributed by atoms with Gasteiger partial charge in [0, 0.05) is 36.2 Å². The zero-order valence-electron chi connectivity index (χ0n) is 17.4. The molecule has 0 unspecified atom stereocenters. The minimum atomic E-state index is -0.294. The lowest BCUT2D eigenvalue weighted by atomic mass is 10.2. The summed E-state index contributed by atoms with van der Waals surface area (Å²) in [7, 11) is 1.96. The highest BCUT2D eigenvalue weighted by Crippen LogP contribution is 2.27. The molecule has 1 aromatic carbocycles. The summed E-state index contributed by atoms with van der Waals surface area (Å²) in [4.78, 5) is 12.8. The van der Waals surface area contributed by atoms with Crippen LogP contribution in [0.1, 0.15) is 34.6 Å². The van der Waals surface area contributed by atoms with Crippen molar-refractivity contribution in [2.75, 3.05) is 12.4 Å². The molecule has 4 rings (SSSR count). The maximum absolute atomic E-state index is 13.4. The number of rotatable bonds is 7. The number of benzene rings is 1. The van der Waals surface area contributed by atoms with Gasteiger partial charge in [-0.05, 0) is 57.0 Å². The van der Waals surface area contributed by atoms with Crippen LogP contribution in [0.5, 0.6) is 0 Å². The number of nitrogens with zero attached hydrogens (tertiary/aromatic N) is 4. The van der Waals surface area contributed by atoms with Crippen LogP contribution in [0.4, 0.5) is 4.39 Å². The summed E-state index contributed by atoms with van der Waals surface area (Å²) in [6, 6.07) is 8.15. The van der Waals surface area contributed by atoms with Crippen LogP contribution in [0.25, 0.3) is 11.4 Å². The van der Waals surface area contributed by atoms with Crippen molar-refractivity contribution in [3.63, 3.8) is 0 Å². The summed E-state index contributed by atoms with van der Waals surface area (Å²) in [5, 5.41) is 9.35. The number of Topliss-reactive ketones (excluding diaryl/α,β-unsaturated/α-hetero) is 1. The topological polar surface area (TPSA) is 61.9 Å². The second-order valence-corrected chi connectivity index (χ2v) is 8.56. The monoisotopic (exact) mass is 428 g/mol. The average Bonchev–Trinajstić information content (AvgIpc) is 3.45. The fourth-order valence-electron chi connectivity index (χ4n) is 3.71. The summed E-state index contributed by atoms with van der Waals surface area (Å²) in [6.45, 7) is 5.31. The molecule has 0 bridgehead atoms. The zero-order valence-corrected chi connectivity index (χ0v) is 18.2. The van der Waals surface area contributed by atoms with Crippen LogP contribution < -0.4 is 0 Å². The molecule has 30 heavy (non-hydrogen) atoms. The summed E-state index contributed by atoms with van der Waals surface area (Å²) in [6.07, 6.45) is 2.10. The average molecular weight is 429 g/mol. The van der Waals surface area contributed by atoms with Crippen LogP contribution in [-0.2, 0) is 18.3 Å². The Kier molecular flexibility index (Phi) is 6.06. The molecule has 0 aliphatic carbocycles. The summed E-state index contributed by atoms with van der Waals surface area (Å²) >= 11 is 1.38. The predicted molar refractivity (Wildman–Crippen MR) is 114 cm³/mol. The third kappa shape index (κ3) is 4.20. The van der Waals surface area contributed by atoms with Crippen molar-refractivity contribution in [3.05, 3.63) is 53.1 Å². The van der Waals surface area contributed by atoms with E-state index in [1.54, 1.807) is 12.1 Å². The molecule has 158 valence electrons. The van der Waals surface area contributed by atoms with Gasteiger partial charge in [-0.1, -0.05) is 11.8 Å². The van der Waals surface area contributed by atoms with Crippen LogP contribution in [-0.4, -0.2) is 43.6 Å². The smallest absolute Gasteiger partial charge is 0.192 e. The number of ketones is 1. The Morgan fingerprint density at radius 1 is 1.27 bits per heavy atom. The molecule has 1 aliphatic heterocycles. The Morgan fingerprint density at radius 3 is 2.67 bits per heavy atom. The van der Waals surface area contributed by atoms with Crippen molar-refractivity contribution >= 4 is 17.5 Å². The van der Waals surface area contributed by atoms with Crippen molar-refractivity contribution in [2.45, 2.75) is 44.5 Å². The number of hydrogen-bond donors (Lipinski definition) is 0. The molecule has 0 amide bonds. The van der Waals surface area contributed by atoms with E-state index < -0.39 is 0 Å². The first-order valence-electron chi connectivity index (χ1n) is 10.0. The molecule has 0 radical (unpaired) electrons. The molecule has 3 aromatic rings. The summed E-state index contributed by atoms with van der Waals surface area (Å²) in [5.41, 5.74) is 3.55. The van der Waals surface area contributed by atoms with Crippen molar-refractivity contribution in [1.82, 2.24) is 19.3 Å². The van der Waals surface area contributed by atoms with Gasteiger partial charge in [0.25, 0.3) is 0 Å². The van der Waals surface area contributed by atoms with Gasteiger partial charge in [-0.25, -0.2) is 4.39 Å². The molecule has 0 spiro atoms. The van der Waals surface area contributed by atoms with Crippen LogP contribution in [0, 0.1) is 19.7 Å². The van der Waals surface area contributed by atoms with Gasteiger partial charge in [0.15, 0.2) is 16.8 Å². The number of halogens is 1. The van der Waals surface area contributed by atoms with Crippen LogP contribution >= 0.6 is 11.8 Å². The quantitative estimate of drug-likeness (QED) is 0.417. The highest BCUT2D eigenvalue weighted by atomic mass is 32.2. The van der Waals surface area contributed by atoms with E-state index in [1.807, 2.05) is 36.1 Å². The van der Waals surface area contributed by atoms with E-state index in [4.69, 9.17) is 4.74 Å². The Hall–Kier alpha value is -2.45. The van der Waals surface area contributed by atoms with Gasteiger partial charge in [-0.2, -0.15) is 0 Å². The molecular weight excluding hydrogens is 403 g/mol. The SMILES string of the molecule is Cc1cc(C(=O)CSc2nnc(-c3ccc(F)cc3)n2C[C@H]2CCCO2)c(C)n1C. The number of ether oxygens (including phenoxy) is 1. The van der Waals surface area contributed by atoms with Crippen LogP contribution in [0.2, 0.25) is 0 Å². The lowest BCUT2D eigenvalue weighted by Gasteiger charge is -2.14. The number of aromatic nitrogens is 4. The molecule has 0 saturated carbocycles. The Morgan fingerprint density at radius 2 is 2.03 bits per heavy atom. The predicted octanol–water partition coefficient (Wildman–Crippen LogP) is 4.19. The number of carbonyl (C=O) groups is 1. The number of thioether (sulfide) groups is 1. The van der Waals surface area contributed by atoms with Gasteiger partial charge >= 0.3 is 0 Å². The fourth-order valence-corrected chi connectivity index (χ4v) is 4.54. The second-order valence-electron chi connectivity index (χ2n) is 7.61. The van der Waals surface area contributed by atoms with E-state index in [0.29, 0.717) is 17.5 Å². The maximum atomic E-state index is 13.4. The first-order valence-corrected chi connectivity index (χ1v) is 11.0. The summed E-state index contributed by atoms with van der Waals surface area (Å²) in [5.74, 6) is 0.707. The molecule has 1 saturated heterocycles. The van der Waals surface area contributed by atoms with E-state index >= 15 is 0 Å². The molecule has 3 heterocycles. The van der Waals surface area contributed by atoms with Gasteiger partial charge in [0.05, 0.1) is 18.4 Å². The minimum absolute atomic E-state index is 0.0659. The first kappa shape index (κ1) is 20.8. The molecule has 1 aliphatic rings. The normalized spacial score (nSPS) is 16.3. The van der Waals surface area contributed by atoms with E-state index in [9.17, 15) is 9.18 Å². The number of carbonyl (C=O) groups excluding carboxylic acids is 1. The van der Waals surface area contributed by atoms with Crippen LogP contribution in [0.15, 0.2) is 35.5 Å². The molecule has 1 atom stereocenters. The second kappa shape index (κ2) is 8.73. The number of hydrogen-bond acceptors (Lipinski definition) is 5. The van der Waals surface area contributed by atoms with E-state index in [2.05, 4.69) is 10.2 Å². The highest BCUT2D eigenvalue weighted by molar-refractivity contribution is 7.99. The Balaban J connectivity index is 1.58. The van der Waals surface area contributed by atoms with Gasteiger partial charge in [-0.3, -0.25) is 9.36 Å². The highest BCUT2D eigenvalue weighted by Gasteiger charge is 2.23. The van der Waals surface area contributed by atoms with Gasteiger partial charge in [-0.15, -0.1) is 10.2 Å². The standard InChI is InChI=1S/C22H25FN4O2S/c1-14-11-19(15(2)26(14)3)20(28)13-30-22-25-24-21(16-6-8-17(23)9-7-16)27(22)12-18-5-4-10-29-18/h6-9,11,18H,4-5,10,12-13H2,1-3H3/t18-/m1/s1. The number of aryl methyl sites for hydroxylation is 1. The molecule has 2 aromatic heterocycles. The Bertz CT molecular complexity index is 1050. The van der Waals surface area contributed by atoms with Crippen molar-refractivity contribution < 1.29 is 13.9 Å². The van der Waals surface area contributed by atoms with Crippen molar-refractivity contribution in [2.24, 2.45) is 7.05 Å². The lowest BCUT2D eigenvalue weighted by Crippen LogP contribution is -2.17. The van der Waals surface area contributed by atoms with Gasteiger partial charge in [0.2, 0.25) is 0 Å². The third-order valence-corrected chi connectivity index (χ3v) is 6.60. The zero-order chi connectivity index (χ0) is 21.3. The molecule has 1 fully saturated rings. The fraction of sp³-hybridized carbons (Fsp3) is 0.409. The van der Waals surface area contributed by atoms with Crippen LogP contribution in [0.3, 0.4) is 0 Å². The van der Waals surface area contributed by atoms with Crippen molar-refractivity contribution in [1.29, 1.82) is 0 Å². The van der Waals surface area contributed by atoms with Crippen molar-refractivity contribution in [3.8, 4) is 11.4 Å². The van der Waals surface area contributed by atoms with Gasteiger partial charge < -0.3 is 9.30 Å². The van der Waals surface area contributed by atoms with E-state index in [0.717, 1.165) is 42.0 Å². The Labute approximate surface area is 179 Å². The van der Waals surface area contributed by atoms with E-state index in [1.165, 1.54) is 23.9 Å². The minimum Gasteiger partial charge on any atom is -0.376 e. The molecule has 6 nitrogen and oxygen atoms in total.